The lowest BCUT2D eigenvalue weighted by Crippen LogP contribution is -2.39. The van der Waals surface area contributed by atoms with Crippen LogP contribution in [0.25, 0.3) is 0 Å². The molecular formula is C26H33N3O4S. The first-order valence-corrected chi connectivity index (χ1v) is 13.8. The molecule has 0 aliphatic carbocycles. The van der Waals surface area contributed by atoms with Gasteiger partial charge in [-0.25, -0.2) is 8.42 Å². The van der Waals surface area contributed by atoms with Gasteiger partial charge in [0.1, 0.15) is 10.6 Å². The van der Waals surface area contributed by atoms with Crippen LogP contribution in [0.3, 0.4) is 0 Å². The Labute approximate surface area is 202 Å². The van der Waals surface area contributed by atoms with Gasteiger partial charge in [-0.05, 0) is 62.3 Å². The van der Waals surface area contributed by atoms with Crippen LogP contribution in [0.5, 0.6) is 11.5 Å². The number of aryl methyl sites for hydroxylation is 1. The summed E-state index contributed by atoms with van der Waals surface area (Å²) in [7, 11) is -3.76. The molecule has 3 heterocycles. The number of anilines is 2. The Kier molecular flexibility index (Phi) is 6.29. The van der Waals surface area contributed by atoms with Crippen molar-refractivity contribution in [1.82, 2.24) is 4.31 Å². The van der Waals surface area contributed by atoms with Gasteiger partial charge in [-0.3, -0.25) is 4.79 Å². The van der Waals surface area contributed by atoms with Crippen molar-refractivity contribution in [3.8, 4) is 11.5 Å². The number of piperidine rings is 1. The maximum atomic E-state index is 13.9. The van der Waals surface area contributed by atoms with Crippen molar-refractivity contribution < 1.29 is 17.9 Å². The Morgan fingerprint density at radius 3 is 2.35 bits per heavy atom. The molecule has 2 saturated heterocycles. The molecule has 3 aliphatic heterocycles. The van der Waals surface area contributed by atoms with Crippen LogP contribution in [0.15, 0.2) is 35.2 Å². The van der Waals surface area contributed by atoms with Gasteiger partial charge in [0.25, 0.3) is 5.91 Å². The Morgan fingerprint density at radius 2 is 1.65 bits per heavy atom. The summed E-state index contributed by atoms with van der Waals surface area (Å²) in [6.07, 6.45) is 6.00. The predicted molar refractivity (Wildman–Crippen MR) is 133 cm³/mol. The topological polar surface area (TPSA) is 79.0 Å². The van der Waals surface area contributed by atoms with Crippen LogP contribution in [0.4, 0.5) is 11.4 Å². The van der Waals surface area contributed by atoms with Crippen LogP contribution in [0.2, 0.25) is 0 Å². The van der Waals surface area contributed by atoms with Gasteiger partial charge < -0.3 is 15.0 Å². The van der Waals surface area contributed by atoms with Gasteiger partial charge in [0.05, 0.1) is 16.9 Å². The fourth-order valence-corrected chi connectivity index (χ4v) is 6.77. The van der Waals surface area contributed by atoms with Crippen molar-refractivity contribution >= 4 is 27.3 Å². The summed E-state index contributed by atoms with van der Waals surface area (Å²) in [5.41, 5.74) is 2.48. The predicted octanol–water partition coefficient (Wildman–Crippen LogP) is 5.15. The number of carbonyl (C=O) groups is 1. The molecule has 5 rings (SSSR count). The van der Waals surface area contributed by atoms with Crippen LogP contribution in [0, 0.1) is 12.8 Å². The molecule has 0 unspecified atom stereocenters. The fourth-order valence-electron chi connectivity index (χ4n) is 5.08. The number of amides is 1. The molecule has 34 heavy (non-hydrogen) atoms. The van der Waals surface area contributed by atoms with E-state index in [0.717, 1.165) is 57.2 Å². The quantitative estimate of drug-likeness (QED) is 0.653. The van der Waals surface area contributed by atoms with E-state index in [9.17, 15) is 13.2 Å². The van der Waals surface area contributed by atoms with Crippen molar-refractivity contribution in [3.63, 3.8) is 0 Å². The van der Waals surface area contributed by atoms with Crippen molar-refractivity contribution in [2.45, 2.75) is 57.3 Å². The van der Waals surface area contributed by atoms with Gasteiger partial charge in [0.2, 0.25) is 10.0 Å². The fraction of sp³-hybridized carbons (Fsp3) is 0.500. The molecule has 0 saturated carbocycles. The third-order valence-corrected chi connectivity index (χ3v) is 9.14. The van der Waals surface area contributed by atoms with Crippen LogP contribution in [0.1, 0.15) is 61.4 Å². The lowest BCUT2D eigenvalue weighted by molar-refractivity contribution is 0.102. The molecule has 2 aromatic carbocycles. The van der Waals surface area contributed by atoms with E-state index in [1.807, 2.05) is 25.1 Å². The monoisotopic (exact) mass is 483 g/mol. The molecule has 2 fully saturated rings. The number of carbonyl (C=O) groups excluding carboxylic acids is 1. The van der Waals surface area contributed by atoms with Gasteiger partial charge in [0, 0.05) is 32.2 Å². The molecule has 8 heteroatoms. The minimum atomic E-state index is -3.76. The van der Waals surface area contributed by atoms with Crippen LogP contribution >= 0.6 is 0 Å². The zero-order valence-corrected chi connectivity index (χ0v) is 20.8. The van der Waals surface area contributed by atoms with E-state index in [0.29, 0.717) is 41.9 Å². The van der Waals surface area contributed by atoms with Crippen LogP contribution < -0.4 is 15.0 Å². The SMILES string of the molecule is Cc1ccc2c(c1)NC(=O)c1cc(S(=O)(=O)N3CCC(C)CC3)c(N3CCCCCC3)cc1O2. The van der Waals surface area contributed by atoms with E-state index in [4.69, 9.17) is 4.74 Å². The average molecular weight is 484 g/mol. The van der Waals surface area contributed by atoms with Crippen molar-refractivity contribution in [2.24, 2.45) is 5.92 Å². The number of nitrogens with zero attached hydrogens (tertiary/aromatic N) is 2. The number of rotatable bonds is 3. The molecule has 0 spiro atoms. The van der Waals surface area contributed by atoms with Gasteiger partial charge in [-0.2, -0.15) is 4.31 Å². The third-order valence-electron chi connectivity index (χ3n) is 7.22. The first-order valence-electron chi connectivity index (χ1n) is 12.4. The Morgan fingerprint density at radius 1 is 0.941 bits per heavy atom. The number of nitrogens with one attached hydrogen (secondary N) is 1. The number of benzene rings is 2. The standard InChI is InChI=1S/C26H33N3O4S/c1-18-9-13-29(14-10-18)34(31,32)25-16-20-24(17-22(25)28-11-5-3-4-6-12-28)33-23-8-7-19(2)15-21(23)27-26(20)30/h7-8,15-18H,3-6,9-14H2,1-2H3,(H,27,30). The van der Waals surface area contributed by atoms with E-state index in [-0.39, 0.29) is 16.4 Å². The zero-order chi connectivity index (χ0) is 23.9. The molecule has 1 N–H and O–H groups in total. The summed E-state index contributed by atoms with van der Waals surface area (Å²) in [5.74, 6) is 1.11. The number of ether oxygens (including phenoxy) is 1. The number of fused-ring (bicyclic) bond motifs is 2. The molecule has 0 aromatic heterocycles. The highest BCUT2D eigenvalue weighted by atomic mass is 32.2. The van der Waals surface area contributed by atoms with Crippen LogP contribution in [-0.2, 0) is 10.0 Å². The minimum absolute atomic E-state index is 0.212. The lowest BCUT2D eigenvalue weighted by atomic mass is 10.0. The Hall–Kier alpha value is -2.58. The highest BCUT2D eigenvalue weighted by Crippen LogP contribution is 2.42. The molecule has 3 aliphatic rings. The summed E-state index contributed by atoms with van der Waals surface area (Å²) in [5, 5.41) is 2.91. The van der Waals surface area contributed by atoms with Gasteiger partial charge in [0.15, 0.2) is 5.75 Å². The van der Waals surface area contributed by atoms with Gasteiger partial charge in [-0.1, -0.05) is 25.8 Å². The summed E-state index contributed by atoms with van der Waals surface area (Å²) in [6, 6.07) is 8.94. The largest absolute Gasteiger partial charge is 0.454 e. The maximum absolute atomic E-state index is 13.9. The number of hydrogen-bond acceptors (Lipinski definition) is 5. The van der Waals surface area contributed by atoms with Crippen LogP contribution in [-0.4, -0.2) is 44.8 Å². The second-order valence-electron chi connectivity index (χ2n) is 9.86. The molecule has 7 nitrogen and oxygen atoms in total. The van der Waals surface area contributed by atoms with E-state index in [1.165, 1.54) is 6.07 Å². The molecule has 1 amide bonds. The molecule has 0 atom stereocenters. The van der Waals surface area contributed by atoms with E-state index in [2.05, 4.69) is 17.1 Å². The second-order valence-corrected chi connectivity index (χ2v) is 11.8. The molecule has 0 radical (unpaired) electrons. The zero-order valence-electron chi connectivity index (χ0n) is 20.0. The smallest absolute Gasteiger partial charge is 0.259 e. The minimum Gasteiger partial charge on any atom is -0.454 e. The highest BCUT2D eigenvalue weighted by molar-refractivity contribution is 7.89. The Balaban J connectivity index is 1.63. The van der Waals surface area contributed by atoms with Crippen molar-refractivity contribution in [1.29, 1.82) is 0 Å². The molecule has 0 bridgehead atoms. The summed E-state index contributed by atoms with van der Waals surface area (Å²) >= 11 is 0. The molecule has 2 aromatic rings. The van der Waals surface area contributed by atoms with Crippen molar-refractivity contribution in [3.05, 3.63) is 41.5 Å². The first-order chi connectivity index (χ1) is 16.3. The first kappa shape index (κ1) is 23.2. The summed E-state index contributed by atoms with van der Waals surface area (Å²) in [4.78, 5) is 15.6. The molecular weight excluding hydrogens is 450 g/mol. The van der Waals surface area contributed by atoms with Crippen molar-refractivity contribution in [2.75, 3.05) is 36.4 Å². The second kappa shape index (κ2) is 9.23. The Bertz CT molecular complexity index is 1190. The number of sulfonamides is 1. The molecule has 182 valence electrons. The maximum Gasteiger partial charge on any atom is 0.259 e. The van der Waals surface area contributed by atoms with E-state index < -0.39 is 10.0 Å². The summed E-state index contributed by atoms with van der Waals surface area (Å²) in [6.45, 7) is 6.71. The highest BCUT2D eigenvalue weighted by Gasteiger charge is 2.34. The van der Waals surface area contributed by atoms with Gasteiger partial charge in [-0.15, -0.1) is 0 Å². The van der Waals surface area contributed by atoms with Gasteiger partial charge >= 0.3 is 0 Å². The number of hydrogen-bond donors (Lipinski definition) is 1. The normalized spacial score (nSPS) is 19.9. The van der Waals surface area contributed by atoms with E-state index >= 15 is 0 Å². The third kappa shape index (κ3) is 4.41. The lowest BCUT2D eigenvalue weighted by Gasteiger charge is -2.32. The summed E-state index contributed by atoms with van der Waals surface area (Å²) < 4.78 is 35.6. The average Bonchev–Trinajstić information content (AvgIpc) is 3.16. The van der Waals surface area contributed by atoms with E-state index in [1.54, 1.807) is 10.4 Å².